The van der Waals surface area contributed by atoms with E-state index in [1.807, 2.05) is 0 Å². The first-order chi connectivity index (χ1) is 7.20. The highest BCUT2D eigenvalue weighted by Gasteiger charge is 2.26. The largest absolute Gasteiger partial charge is 0.346 e. The Morgan fingerprint density at radius 3 is 2.93 bits per heavy atom. The van der Waals surface area contributed by atoms with Crippen molar-refractivity contribution in [2.45, 2.75) is 12.4 Å². The smallest absolute Gasteiger partial charge is 0.184 e. The van der Waals surface area contributed by atoms with E-state index in [2.05, 4.69) is 0 Å². The number of halogens is 2. The standard InChI is InChI=1S/C10H11ClFNO2/c11-8-2-1-6(3-9(8)12)10-14-5-7(4-13)15-10/h1-3,7,10H,4-5,13H2. The average Bonchev–Trinajstić information content (AvgIpc) is 2.70. The molecule has 1 aromatic rings. The van der Waals surface area contributed by atoms with E-state index in [0.717, 1.165) is 0 Å². The fourth-order valence-corrected chi connectivity index (χ4v) is 1.52. The molecule has 1 saturated heterocycles. The van der Waals surface area contributed by atoms with Gasteiger partial charge in [0.25, 0.3) is 0 Å². The lowest BCUT2D eigenvalue weighted by molar-refractivity contribution is -0.0587. The van der Waals surface area contributed by atoms with Gasteiger partial charge >= 0.3 is 0 Å². The summed E-state index contributed by atoms with van der Waals surface area (Å²) in [7, 11) is 0. The van der Waals surface area contributed by atoms with Crippen LogP contribution in [0, 0.1) is 5.82 Å². The van der Waals surface area contributed by atoms with Gasteiger partial charge in [0.1, 0.15) is 5.82 Å². The van der Waals surface area contributed by atoms with E-state index in [0.29, 0.717) is 18.7 Å². The van der Waals surface area contributed by atoms with Crippen LogP contribution in [0.1, 0.15) is 11.9 Å². The lowest BCUT2D eigenvalue weighted by atomic mass is 10.2. The van der Waals surface area contributed by atoms with Crippen molar-refractivity contribution in [3.8, 4) is 0 Å². The predicted octanol–water partition coefficient (Wildman–Crippen LogP) is 1.85. The maximum absolute atomic E-state index is 13.1. The maximum Gasteiger partial charge on any atom is 0.184 e. The van der Waals surface area contributed by atoms with Crippen LogP contribution in [0.25, 0.3) is 0 Å². The van der Waals surface area contributed by atoms with Gasteiger partial charge in [-0.2, -0.15) is 0 Å². The number of hydrogen-bond donors (Lipinski definition) is 1. The Kier molecular flexibility index (Phi) is 3.21. The van der Waals surface area contributed by atoms with Crippen LogP contribution in [0.3, 0.4) is 0 Å². The van der Waals surface area contributed by atoms with E-state index in [9.17, 15) is 4.39 Å². The van der Waals surface area contributed by atoms with Gasteiger partial charge in [-0.3, -0.25) is 0 Å². The lowest BCUT2D eigenvalue weighted by Crippen LogP contribution is -2.21. The number of hydrogen-bond acceptors (Lipinski definition) is 3. The molecule has 1 aliphatic rings. The number of ether oxygens (including phenoxy) is 2. The quantitative estimate of drug-likeness (QED) is 0.845. The zero-order valence-corrected chi connectivity index (χ0v) is 8.71. The molecule has 2 atom stereocenters. The lowest BCUT2D eigenvalue weighted by Gasteiger charge is -2.10. The third-order valence-corrected chi connectivity index (χ3v) is 2.53. The van der Waals surface area contributed by atoms with Crippen molar-refractivity contribution in [2.24, 2.45) is 5.73 Å². The molecule has 2 N–H and O–H groups in total. The van der Waals surface area contributed by atoms with Crippen LogP contribution >= 0.6 is 11.6 Å². The van der Waals surface area contributed by atoms with E-state index >= 15 is 0 Å². The Bertz CT molecular complexity index is 361. The molecule has 0 aromatic heterocycles. The molecule has 15 heavy (non-hydrogen) atoms. The zero-order chi connectivity index (χ0) is 10.8. The summed E-state index contributed by atoms with van der Waals surface area (Å²) in [4.78, 5) is 0. The van der Waals surface area contributed by atoms with Gasteiger partial charge < -0.3 is 15.2 Å². The fourth-order valence-electron chi connectivity index (χ4n) is 1.41. The molecule has 0 spiro atoms. The van der Waals surface area contributed by atoms with Gasteiger partial charge in [-0.15, -0.1) is 0 Å². The second-order valence-corrected chi connectivity index (χ2v) is 3.74. The van der Waals surface area contributed by atoms with Gasteiger partial charge in [0.2, 0.25) is 0 Å². The zero-order valence-electron chi connectivity index (χ0n) is 7.95. The summed E-state index contributed by atoms with van der Waals surface area (Å²) in [5.41, 5.74) is 6.05. The van der Waals surface area contributed by atoms with Crippen molar-refractivity contribution in [3.05, 3.63) is 34.6 Å². The molecule has 2 unspecified atom stereocenters. The minimum Gasteiger partial charge on any atom is -0.346 e. The highest BCUT2D eigenvalue weighted by atomic mass is 35.5. The van der Waals surface area contributed by atoms with Gasteiger partial charge in [-0.25, -0.2) is 4.39 Å². The van der Waals surface area contributed by atoms with Crippen LogP contribution in [0.15, 0.2) is 18.2 Å². The molecule has 1 heterocycles. The molecule has 0 aliphatic carbocycles. The summed E-state index contributed by atoms with van der Waals surface area (Å²) < 4.78 is 23.9. The topological polar surface area (TPSA) is 44.5 Å². The van der Waals surface area contributed by atoms with Crippen molar-refractivity contribution in [2.75, 3.05) is 13.2 Å². The van der Waals surface area contributed by atoms with Gasteiger partial charge in [0, 0.05) is 12.1 Å². The molecule has 0 bridgehead atoms. The number of rotatable bonds is 2. The number of benzene rings is 1. The number of nitrogens with two attached hydrogens (primary N) is 1. The van der Waals surface area contributed by atoms with Crippen LogP contribution < -0.4 is 5.73 Å². The summed E-state index contributed by atoms with van der Waals surface area (Å²) >= 11 is 5.57. The Hall–Kier alpha value is -0.680. The molecule has 82 valence electrons. The van der Waals surface area contributed by atoms with Crippen LogP contribution in [0.2, 0.25) is 5.02 Å². The molecular formula is C10H11ClFNO2. The Labute approximate surface area is 91.9 Å². The molecule has 1 fully saturated rings. The SMILES string of the molecule is NCC1COC(c2ccc(Cl)c(F)c2)O1. The molecule has 1 aromatic carbocycles. The van der Waals surface area contributed by atoms with Crippen molar-refractivity contribution in [1.29, 1.82) is 0 Å². The first-order valence-corrected chi connectivity index (χ1v) is 5.00. The fraction of sp³-hybridized carbons (Fsp3) is 0.400. The Morgan fingerprint density at radius 1 is 1.53 bits per heavy atom. The normalized spacial score (nSPS) is 25.8. The van der Waals surface area contributed by atoms with Gasteiger partial charge in [0.05, 0.1) is 17.7 Å². The third-order valence-electron chi connectivity index (χ3n) is 2.23. The maximum atomic E-state index is 13.1. The van der Waals surface area contributed by atoms with Gasteiger partial charge in [0.15, 0.2) is 6.29 Å². The van der Waals surface area contributed by atoms with Crippen molar-refractivity contribution < 1.29 is 13.9 Å². The molecule has 0 saturated carbocycles. The van der Waals surface area contributed by atoms with E-state index in [1.54, 1.807) is 6.07 Å². The minimum atomic E-state index is -0.537. The van der Waals surface area contributed by atoms with Gasteiger partial charge in [-0.05, 0) is 12.1 Å². The highest BCUT2D eigenvalue weighted by molar-refractivity contribution is 6.30. The van der Waals surface area contributed by atoms with E-state index in [-0.39, 0.29) is 11.1 Å². The molecule has 5 heteroatoms. The highest BCUT2D eigenvalue weighted by Crippen LogP contribution is 2.28. The second-order valence-electron chi connectivity index (χ2n) is 3.33. The summed E-state index contributed by atoms with van der Waals surface area (Å²) in [5, 5.41) is 0.0899. The van der Waals surface area contributed by atoms with E-state index in [4.69, 9.17) is 26.8 Å². The minimum absolute atomic E-state index is 0.0899. The first kappa shape index (κ1) is 10.8. The summed E-state index contributed by atoms with van der Waals surface area (Å²) in [6.07, 6.45) is -0.654. The predicted molar refractivity (Wildman–Crippen MR) is 54.0 cm³/mol. The van der Waals surface area contributed by atoms with Crippen LogP contribution in [0.4, 0.5) is 4.39 Å². The summed E-state index contributed by atoms with van der Waals surface area (Å²) in [6.45, 7) is 0.831. The first-order valence-electron chi connectivity index (χ1n) is 4.63. The molecule has 2 rings (SSSR count). The molecule has 1 aliphatic heterocycles. The van der Waals surface area contributed by atoms with E-state index in [1.165, 1.54) is 12.1 Å². The van der Waals surface area contributed by atoms with Crippen molar-refractivity contribution in [3.63, 3.8) is 0 Å². The Balaban J connectivity index is 2.13. The van der Waals surface area contributed by atoms with Crippen molar-refractivity contribution in [1.82, 2.24) is 0 Å². The molecule has 3 nitrogen and oxygen atoms in total. The second kappa shape index (κ2) is 4.45. The summed E-state index contributed by atoms with van der Waals surface area (Å²) in [6, 6.07) is 4.47. The van der Waals surface area contributed by atoms with Gasteiger partial charge in [-0.1, -0.05) is 17.7 Å². The monoisotopic (exact) mass is 231 g/mol. The van der Waals surface area contributed by atoms with E-state index < -0.39 is 12.1 Å². The molecular weight excluding hydrogens is 221 g/mol. The Morgan fingerprint density at radius 2 is 2.33 bits per heavy atom. The average molecular weight is 232 g/mol. The summed E-state index contributed by atoms with van der Waals surface area (Å²) in [5.74, 6) is -0.474. The van der Waals surface area contributed by atoms with Crippen LogP contribution in [-0.4, -0.2) is 19.3 Å². The van der Waals surface area contributed by atoms with Crippen molar-refractivity contribution >= 4 is 11.6 Å². The van der Waals surface area contributed by atoms with Crippen LogP contribution in [0.5, 0.6) is 0 Å². The molecule has 0 amide bonds. The molecule has 0 radical (unpaired) electrons. The van der Waals surface area contributed by atoms with Crippen LogP contribution in [-0.2, 0) is 9.47 Å². The third kappa shape index (κ3) is 2.29.